The van der Waals surface area contributed by atoms with Crippen LogP contribution in [0.2, 0.25) is 5.02 Å². The summed E-state index contributed by atoms with van der Waals surface area (Å²) in [4.78, 5) is 23.8. The van der Waals surface area contributed by atoms with Gasteiger partial charge in [0.1, 0.15) is 0 Å². The number of esters is 1. The highest BCUT2D eigenvalue weighted by Crippen LogP contribution is 2.38. The van der Waals surface area contributed by atoms with Gasteiger partial charge in [0, 0.05) is 13.1 Å². The SMILES string of the molecule is C[C@H]1C[C@@H]1C(=O)OCC(=O)Nc1cc(S(=O)(=O)N2CCCCC2)ccc1Cl. The van der Waals surface area contributed by atoms with E-state index in [0.29, 0.717) is 19.0 Å². The number of halogens is 1. The maximum Gasteiger partial charge on any atom is 0.309 e. The molecular weight excluding hydrogens is 392 g/mol. The lowest BCUT2D eigenvalue weighted by molar-refractivity contribution is -0.148. The number of rotatable bonds is 6. The molecule has 1 saturated heterocycles. The average molecular weight is 415 g/mol. The van der Waals surface area contributed by atoms with Gasteiger partial charge in [0.15, 0.2) is 6.61 Å². The van der Waals surface area contributed by atoms with E-state index in [1.54, 1.807) is 0 Å². The second-order valence-corrected chi connectivity index (χ2v) is 9.43. The molecule has 1 aliphatic carbocycles. The number of carbonyl (C=O) groups excluding carboxylic acids is 2. The normalized spacial score (nSPS) is 22.9. The van der Waals surface area contributed by atoms with E-state index in [-0.39, 0.29) is 27.5 Å². The van der Waals surface area contributed by atoms with E-state index < -0.39 is 22.5 Å². The number of anilines is 1. The van der Waals surface area contributed by atoms with Crippen LogP contribution in [0.1, 0.15) is 32.6 Å². The van der Waals surface area contributed by atoms with Gasteiger partial charge in [0.25, 0.3) is 5.91 Å². The Morgan fingerprint density at radius 2 is 1.93 bits per heavy atom. The molecule has 1 heterocycles. The Hall–Kier alpha value is -1.64. The van der Waals surface area contributed by atoms with Crippen molar-refractivity contribution in [1.82, 2.24) is 4.31 Å². The minimum Gasteiger partial charge on any atom is -0.455 e. The maximum atomic E-state index is 12.8. The molecule has 1 aliphatic heterocycles. The van der Waals surface area contributed by atoms with Gasteiger partial charge >= 0.3 is 5.97 Å². The van der Waals surface area contributed by atoms with Gasteiger partial charge in [-0.1, -0.05) is 24.9 Å². The van der Waals surface area contributed by atoms with Gasteiger partial charge in [-0.05, 0) is 43.4 Å². The van der Waals surface area contributed by atoms with Crippen LogP contribution in [0.3, 0.4) is 0 Å². The summed E-state index contributed by atoms with van der Waals surface area (Å²) >= 11 is 6.09. The summed E-state index contributed by atoms with van der Waals surface area (Å²) in [6.07, 6.45) is 3.47. The fraction of sp³-hybridized carbons (Fsp3) is 0.556. The predicted molar refractivity (Wildman–Crippen MR) is 101 cm³/mol. The second-order valence-electron chi connectivity index (χ2n) is 7.08. The summed E-state index contributed by atoms with van der Waals surface area (Å²) in [6, 6.07) is 4.21. The van der Waals surface area contributed by atoms with Crippen molar-refractivity contribution in [3.8, 4) is 0 Å². The first-order valence-electron chi connectivity index (χ1n) is 9.05. The first-order valence-corrected chi connectivity index (χ1v) is 10.9. The van der Waals surface area contributed by atoms with Gasteiger partial charge in [0.05, 0.1) is 21.5 Å². The Morgan fingerprint density at radius 1 is 1.26 bits per heavy atom. The van der Waals surface area contributed by atoms with E-state index in [1.807, 2.05) is 6.92 Å². The number of nitrogens with one attached hydrogen (secondary N) is 1. The molecule has 1 amide bonds. The largest absolute Gasteiger partial charge is 0.455 e. The number of hydrogen-bond acceptors (Lipinski definition) is 5. The number of benzene rings is 1. The smallest absolute Gasteiger partial charge is 0.309 e. The van der Waals surface area contributed by atoms with Crippen LogP contribution in [0.25, 0.3) is 0 Å². The van der Waals surface area contributed by atoms with E-state index >= 15 is 0 Å². The summed E-state index contributed by atoms with van der Waals surface area (Å²) in [5, 5.41) is 2.73. The second kappa shape index (κ2) is 8.16. The fourth-order valence-electron chi connectivity index (χ4n) is 3.10. The van der Waals surface area contributed by atoms with Crippen molar-refractivity contribution in [2.45, 2.75) is 37.5 Å². The third-order valence-corrected chi connectivity index (χ3v) is 7.15. The van der Waals surface area contributed by atoms with Gasteiger partial charge in [-0.3, -0.25) is 9.59 Å². The summed E-state index contributed by atoms with van der Waals surface area (Å²) in [5.74, 6) is -0.776. The molecule has 0 bridgehead atoms. The number of ether oxygens (including phenoxy) is 1. The Labute approximate surface area is 164 Å². The molecule has 1 aromatic carbocycles. The topological polar surface area (TPSA) is 92.8 Å². The number of piperidine rings is 1. The van der Waals surface area contributed by atoms with Gasteiger partial charge in [-0.15, -0.1) is 0 Å². The van der Waals surface area contributed by atoms with Crippen LogP contribution in [0.15, 0.2) is 23.1 Å². The van der Waals surface area contributed by atoms with Crippen LogP contribution >= 0.6 is 11.6 Å². The van der Waals surface area contributed by atoms with Crippen molar-refractivity contribution in [3.63, 3.8) is 0 Å². The summed E-state index contributed by atoms with van der Waals surface area (Å²) < 4.78 is 32.0. The highest BCUT2D eigenvalue weighted by atomic mass is 35.5. The fourth-order valence-corrected chi connectivity index (χ4v) is 4.80. The van der Waals surface area contributed by atoms with Crippen molar-refractivity contribution in [2.75, 3.05) is 25.0 Å². The number of carbonyl (C=O) groups is 2. The van der Waals surface area contributed by atoms with E-state index in [0.717, 1.165) is 25.7 Å². The number of nitrogens with zero attached hydrogens (tertiary/aromatic N) is 1. The minimum absolute atomic E-state index is 0.0768. The van der Waals surface area contributed by atoms with Crippen molar-refractivity contribution >= 4 is 39.2 Å². The lowest BCUT2D eigenvalue weighted by Crippen LogP contribution is -2.35. The molecule has 1 N–H and O–H groups in total. The monoisotopic (exact) mass is 414 g/mol. The molecular formula is C18H23ClN2O5S. The predicted octanol–water partition coefficient (Wildman–Crippen LogP) is 2.65. The van der Waals surface area contributed by atoms with Crippen LogP contribution in [0, 0.1) is 11.8 Å². The minimum atomic E-state index is -3.63. The van der Waals surface area contributed by atoms with Crippen LogP contribution < -0.4 is 5.32 Å². The van der Waals surface area contributed by atoms with E-state index in [1.165, 1.54) is 22.5 Å². The van der Waals surface area contributed by atoms with Crippen LogP contribution in [0.5, 0.6) is 0 Å². The molecule has 2 aliphatic rings. The van der Waals surface area contributed by atoms with Crippen molar-refractivity contribution in [2.24, 2.45) is 11.8 Å². The standard InChI is InChI=1S/C18H23ClN2O5S/c1-12-9-14(12)18(23)26-11-17(22)20-16-10-13(5-6-15(16)19)27(24,25)21-7-3-2-4-8-21/h5-6,10,12,14H,2-4,7-9,11H2,1H3,(H,20,22)/t12-,14-/m0/s1. The third kappa shape index (κ3) is 4.80. The molecule has 2 fully saturated rings. The molecule has 27 heavy (non-hydrogen) atoms. The van der Waals surface area contributed by atoms with Crippen molar-refractivity contribution in [1.29, 1.82) is 0 Å². The summed E-state index contributed by atoms with van der Waals surface area (Å²) in [6.45, 7) is 2.49. The Bertz CT molecular complexity index is 836. The highest BCUT2D eigenvalue weighted by Gasteiger charge is 2.40. The van der Waals surface area contributed by atoms with Gasteiger partial charge in [-0.2, -0.15) is 4.31 Å². The van der Waals surface area contributed by atoms with E-state index in [9.17, 15) is 18.0 Å². The molecule has 0 aromatic heterocycles. The number of hydrogen-bond donors (Lipinski definition) is 1. The van der Waals surface area contributed by atoms with Crippen LogP contribution in [-0.2, 0) is 24.3 Å². The zero-order valence-electron chi connectivity index (χ0n) is 15.1. The molecule has 7 nitrogen and oxygen atoms in total. The molecule has 1 aromatic rings. The van der Waals surface area contributed by atoms with Crippen molar-refractivity contribution < 1.29 is 22.7 Å². The summed E-state index contributed by atoms with van der Waals surface area (Å²) in [5.41, 5.74) is 0.176. The number of sulfonamides is 1. The molecule has 148 valence electrons. The highest BCUT2D eigenvalue weighted by molar-refractivity contribution is 7.89. The van der Waals surface area contributed by atoms with Gasteiger partial charge in [0.2, 0.25) is 10.0 Å². The Balaban J connectivity index is 1.66. The molecule has 1 saturated carbocycles. The quantitative estimate of drug-likeness (QED) is 0.722. The molecule has 0 spiro atoms. The third-order valence-electron chi connectivity index (χ3n) is 4.92. The van der Waals surface area contributed by atoms with Crippen LogP contribution in [-0.4, -0.2) is 44.3 Å². The van der Waals surface area contributed by atoms with Gasteiger partial charge < -0.3 is 10.1 Å². The Kier molecular flexibility index (Phi) is 6.08. The zero-order chi connectivity index (χ0) is 19.6. The first-order chi connectivity index (χ1) is 12.8. The molecule has 3 rings (SSSR count). The van der Waals surface area contributed by atoms with Crippen molar-refractivity contribution in [3.05, 3.63) is 23.2 Å². The molecule has 2 atom stereocenters. The Morgan fingerprint density at radius 3 is 2.56 bits per heavy atom. The number of amides is 1. The van der Waals surface area contributed by atoms with E-state index in [2.05, 4.69) is 5.32 Å². The first kappa shape index (κ1) is 20.1. The average Bonchev–Trinajstić information content (AvgIpc) is 3.39. The summed E-state index contributed by atoms with van der Waals surface area (Å²) in [7, 11) is -3.63. The lowest BCUT2D eigenvalue weighted by Gasteiger charge is -2.26. The molecule has 0 radical (unpaired) electrons. The molecule has 0 unspecified atom stereocenters. The van der Waals surface area contributed by atoms with Crippen LogP contribution in [0.4, 0.5) is 5.69 Å². The molecule has 9 heteroatoms. The van der Waals surface area contributed by atoms with Gasteiger partial charge in [-0.25, -0.2) is 8.42 Å². The lowest BCUT2D eigenvalue weighted by atomic mass is 10.2. The maximum absolute atomic E-state index is 12.8. The van der Waals surface area contributed by atoms with E-state index in [4.69, 9.17) is 16.3 Å². The zero-order valence-corrected chi connectivity index (χ0v) is 16.7.